The highest BCUT2D eigenvalue weighted by Gasteiger charge is 2.27. The molecular formula is C24H25ClN2O4S. The molecule has 1 amide bonds. The van der Waals surface area contributed by atoms with Crippen LogP contribution in [-0.2, 0) is 26.2 Å². The summed E-state index contributed by atoms with van der Waals surface area (Å²) in [5.41, 5.74) is 2.33. The normalized spacial score (nSPS) is 11.2. The summed E-state index contributed by atoms with van der Waals surface area (Å²) >= 11 is 5.95. The van der Waals surface area contributed by atoms with Gasteiger partial charge in [0.1, 0.15) is 6.54 Å². The van der Waals surface area contributed by atoms with Crippen LogP contribution in [-0.4, -0.2) is 34.0 Å². The summed E-state index contributed by atoms with van der Waals surface area (Å²) in [6.07, 6.45) is 0. The molecule has 8 heteroatoms. The summed E-state index contributed by atoms with van der Waals surface area (Å²) in [6.45, 7) is 2.53. The summed E-state index contributed by atoms with van der Waals surface area (Å²) in [7, 11) is -3.95. The van der Waals surface area contributed by atoms with Crippen molar-refractivity contribution in [3.8, 4) is 0 Å². The van der Waals surface area contributed by atoms with E-state index in [0.29, 0.717) is 23.9 Å². The average molecular weight is 473 g/mol. The van der Waals surface area contributed by atoms with Gasteiger partial charge in [0.15, 0.2) is 0 Å². The quantitative estimate of drug-likeness (QED) is 0.449. The van der Waals surface area contributed by atoms with E-state index in [1.54, 1.807) is 36.4 Å². The fourth-order valence-corrected chi connectivity index (χ4v) is 4.52. The first-order chi connectivity index (χ1) is 15.4. The first kappa shape index (κ1) is 23.8. The van der Waals surface area contributed by atoms with E-state index in [9.17, 15) is 13.2 Å². The lowest BCUT2D eigenvalue weighted by molar-refractivity contribution is -0.119. The maximum atomic E-state index is 13.3. The van der Waals surface area contributed by atoms with Crippen molar-refractivity contribution in [2.45, 2.75) is 18.4 Å². The molecule has 0 saturated heterocycles. The molecule has 0 spiro atoms. The Hall–Kier alpha value is -2.87. The van der Waals surface area contributed by atoms with Crippen molar-refractivity contribution in [3.05, 3.63) is 95.0 Å². The van der Waals surface area contributed by atoms with Gasteiger partial charge in [0.05, 0.1) is 23.8 Å². The molecule has 168 valence electrons. The van der Waals surface area contributed by atoms with Crippen LogP contribution in [0.25, 0.3) is 0 Å². The molecule has 0 saturated carbocycles. The number of nitrogens with zero attached hydrogens (tertiary/aromatic N) is 1. The first-order valence-electron chi connectivity index (χ1n) is 10.1. The minimum atomic E-state index is -3.95. The zero-order chi connectivity index (χ0) is 23.0. The lowest BCUT2D eigenvalue weighted by Crippen LogP contribution is -2.41. The highest BCUT2D eigenvalue weighted by molar-refractivity contribution is 7.92. The Morgan fingerprint density at radius 3 is 2.28 bits per heavy atom. The number of ether oxygens (including phenoxy) is 1. The van der Waals surface area contributed by atoms with E-state index in [0.717, 1.165) is 15.4 Å². The number of anilines is 1. The average Bonchev–Trinajstić information content (AvgIpc) is 2.79. The van der Waals surface area contributed by atoms with Gasteiger partial charge in [-0.25, -0.2) is 8.42 Å². The van der Waals surface area contributed by atoms with Crippen LogP contribution < -0.4 is 9.62 Å². The summed E-state index contributed by atoms with van der Waals surface area (Å²) in [5, 5.41) is 3.19. The number of benzene rings is 3. The molecule has 0 fully saturated rings. The van der Waals surface area contributed by atoms with Crippen molar-refractivity contribution in [1.82, 2.24) is 5.32 Å². The number of halogens is 1. The SMILES string of the molecule is Cc1ccc(S(=O)(=O)N(CC(=O)NCCOCc2ccccc2)c2ccc(Cl)cc2)cc1. The summed E-state index contributed by atoms with van der Waals surface area (Å²) in [5.74, 6) is -0.432. The van der Waals surface area contributed by atoms with Gasteiger partial charge >= 0.3 is 0 Å². The lowest BCUT2D eigenvalue weighted by Gasteiger charge is -2.24. The Morgan fingerprint density at radius 1 is 0.969 bits per heavy atom. The fraction of sp³-hybridized carbons (Fsp3) is 0.208. The van der Waals surface area contributed by atoms with Crippen molar-refractivity contribution in [1.29, 1.82) is 0 Å². The Bertz CT molecular complexity index is 1120. The second-order valence-electron chi connectivity index (χ2n) is 7.19. The number of sulfonamides is 1. The number of hydrogen-bond donors (Lipinski definition) is 1. The topological polar surface area (TPSA) is 75.7 Å². The van der Waals surface area contributed by atoms with Crippen molar-refractivity contribution < 1.29 is 17.9 Å². The van der Waals surface area contributed by atoms with Gasteiger partial charge in [0, 0.05) is 11.6 Å². The highest BCUT2D eigenvalue weighted by atomic mass is 35.5. The largest absolute Gasteiger partial charge is 0.375 e. The van der Waals surface area contributed by atoms with Gasteiger partial charge in [-0.3, -0.25) is 9.10 Å². The smallest absolute Gasteiger partial charge is 0.264 e. The van der Waals surface area contributed by atoms with E-state index in [-0.39, 0.29) is 18.0 Å². The molecule has 3 rings (SSSR count). The second kappa shape index (κ2) is 11.1. The summed E-state index contributed by atoms with van der Waals surface area (Å²) in [6, 6.07) is 22.5. The fourth-order valence-electron chi connectivity index (χ4n) is 2.97. The summed E-state index contributed by atoms with van der Waals surface area (Å²) < 4.78 is 33.2. The molecule has 6 nitrogen and oxygen atoms in total. The van der Waals surface area contributed by atoms with Crippen molar-refractivity contribution in [3.63, 3.8) is 0 Å². The molecular weight excluding hydrogens is 448 g/mol. The van der Waals surface area contributed by atoms with E-state index < -0.39 is 15.9 Å². The Labute approximate surface area is 193 Å². The maximum absolute atomic E-state index is 13.3. The van der Waals surface area contributed by atoms with E-state index in [1.165, 1.54) is 12.1 Å². The van der Waals surface area contributed by atoms with Gasteiger partial charge in [-0.15, -0.1) is 0 Å². The minimum Gasteiger partial charge on any atom is -0.375 e. The molecule has 3 aromatic rings. The zero-order valence-electron chi connectivity index (χ0n) is 17.7. The molecule has 0 atom stereocenters. The molecule has 32 heavy (non-hydrogen) atoms. The number of aryl methyl sites for hydroxylation is 1. The molecule has 0 heterocycles. The van der Waals surface area contributed by atoms with Gasteiger partial charge in [0.25, 0.3) is 10.0 Å². The molecule has 0 aromatic heterocycles. The van der Waals surface area contributed by atoms with E-state index in [2.05, 4.69) is 5.32 Å². The molecule has 3 aromatic carbocycles. The Balaban J connectivity index is 1.65. The van der Waals surface area contributed by atoms with Crippen molar-refractivity contribution >= 4 is 33.2 Å². The van der Waals surface area contributed by atoms with Crippen LogP contribution in [0.5, 0.6) is 0 Å². The number of nitrogens with one attached hydrogen (secondary N) is 1. The molecule has 0 aliphatic rings. The molecule has 0 bridgehead atoms. The van der Waals surface area contributed by atoms with Crippen LogP contribution in [0.3, 0.4) is 0 Å². The second-order valence-corrected chi connectivity index (χ2v) is 9.49. The molecule has 0 aliphatic heterocycles. The Kier molecular flexibility index (Phi) is 8.27. The molecule has 1 N–H and O–H groups in total. The minimum absolute atomic E-state index is 0.108. The molecule has 0 aliphatic carbocycles. The molecule has 0 unspecified atom stereocenters. The van der Waals surface area contributed by atoms with Gasteiger partial charge in [0.2, 0.25) is 5.91 Å². The predicted molar refractivity (Wildman–Crippen MR) is 126 cm³/mol. The number of amides is 1. The van der Waals surface area contributed by atoms with Crippen LogP contribution in [0.1, 0.15) is 11.1 Å². The monoisotopic (exact) mass is 472 g/mol. The first-order valence-corrected chi connectivity index (χ1v) is 11.9. The lowest BCUT2D eigenvalue weighted by atomic mass is 10.2. The van der Waals surface area contributed by atoms with Crippen LogP contribution >= 0.6 is 11.6 Å². The number of hydrogen-bond acceptors (Lipinski definition) is 4. The summed E-state index contributed by atoms with van der Waals surface area (Å²) in [4.78, 5) is 12.7. The highest BCUT2D eigenvalue weighted by Crippen LogP contribution is 2.25. The van der Waals surface area contributed by atoms with Gasteiger partial charge in [-0.05, 0) is 48.9 Å². The maximum Gasteiger partial charge on any atom is 0.264 e. The zero-order valence-corrected chi connectivity index (χ0v) is 19.3. The van der Waals surface area contributed by atoms with Crippen molar-refractivity contribution in [2.75, 3.05) is 24.0 Å². The van der Waals surface area contributed by atoms with Crippen LogP contribution in [0.2, 0.25) is 5.02 Å². The van der Waals surface area contributed by atoms with Gasteiger partial charge < -0.3 is 10.1 Å². The van der Waals surface area contributed by atoms with E-state index >= 15 is 0 Å². The number of carbonyl (C=O) groups is 1. The third-order valence-corrected chi connectivity index (χ3v) is 6.73. The van der Waals surface area contributed by atoms with E-state index in [1.807, 2.05) is 37.3 Å². The predicted octanol–water partition coefficient (Wildman–Crippen LogP) is 4.18. The van der Waals surface area contributed by atoms with Gasteiger partial charge in [-0.2, -0.15) is 0 Å². The van der Waals surface area contributed by atoms with Crippen molar-refractivity contribution in [2.24, 2.45) is 0 Å². The van der Waals surface area contributed by atoms with Crippen LogP contribution in [0, 0.1) is 6.92 Å². The third-order valence-electron chi connectivity index (χ3n) is 4.69. The Morgan fingerprint density at radius 2 is 1.62 bits per heavy atom. The van der Waals surface area contributed by atoms with Gasteiger partial charge in [-0.1, -0.05) is 59.6 Å². The molecule has 0 radical (unpaired) electrons. The standard InChI is InChI=1S/C24H25ClN2O4S/c1-19-7-13-23(14-8-19)32(29,30)27(22-11-9-21(25)10-12-22)17-24(28)26-15-16-31-18-20-5-3-2-4-6-20/h2-14H,15-18H2,1H3,(H,26,28). The third kappa shape index (κ3) is 6.56. The van der Waals surface area contributed by atoms with Crippen LogP contribution in [0.15, 0.2) is 83.8 Å². The van der Waals surface area contributed by atoms with E-state index in [4.69, 9.17) is 16.3 Å². The number of carbonyl (C=O) groups excluding carboxylic acids is 1. The van der Waals surface area contributed by atoms with Crippen LogP contribution in [0.4, 0.5) is 5.69 Å². The number of rotatable bonds is 10.